The first kappa shape index (κ1) is 9.49. The van der Waals surface area contributed by atoms with Crippen molar-refractivity contribution in [3.05, 3.63) is 28.8 Å². The Hall–Kier alpha value is -0.730. The lowest BCUT2D eigenvalue weighted by Gasteiger charge is -2.35. The molecule has 1 fully saturated rings. The molecule has 2 aliphatic heterocycles. The topological polar surface area (TPSA) is 21.8 Å². The van der Waals surface area contributed by atoms with Crippen LogP contribution < -0.4 is 4.74 Å². The number of benzene rings is 1. The van der Waals surface area contributed by atoms with Gasteiger partial charge < -0.3 is 9.47 Å². The lowest BCUT2D eigenvalue weighted by molar-refractivity contribution is 0.0242. The Morgan fingerprint density at radius 2 is 2.00 bits per heavy atom. The van der Waals surface area contributed by atoms with Gasteiger partial charge in [-0.25, -0.2) is 0 Å². The molecule has 2 aliphatic rings. The number of ether oxygens (including phenoxy) is 2. The van der Waals surface area contributed by atoms with Crippen molar-refractivity contribution in [2.75, 3.05) is 0 Å². The smallest absolute Gasteiger partial charge is 0.136 e. The first-order valence-corrected chi connectivity index (χ1v) is 5.48. The summed E-state index contributed by atoms with van der Waals surface area (Å²) in [5, 5.41) is 0.731. The highest BCUT2D eigenvalue weighted by molar-refractivity contribution is 6.30. The van der Waals surface area contributed by atoms with Gasteiger partial charge in [0, 0.05) is 10.6 Å². The highest BCUT2D eigenvalue weighted by Crippen LogP contribution is 2.62. The van der Waals surface area contributed by atoms with Gasteiger partial charge in [0.15, 0.2) is 0 Å². The molecule has 2 nitrogen and oxygen atoms in total. The third-order valence-corrected chi connectivity index (χ3v) is 3.86. The van der Waals surface area contributed by atoms with Crippen molar-refractivity contribution < 1.29 is 9.47 Å². The Bertz CT molecular complexity index is 441. The van der Waals surface area contributed by atoms with Gasteiger partial charge in [0.2, 0.25) is 0 Å². The number of hydrogen-bond donors (Lipinski definition) is 0. The molecule has 3 heteroatoms. The maximum atomic E-state index is 5.97. The van der Waals surface area contributed by atoms with Crippen LogP contribution in [0.25, 0.3) is 0 Å². The molecule has 0 radical (unpaired) electrons. The molecule has 1 aromatic carbocycles. The van der Waals surface area contributed by atoms with E-state index in [1.54, 1.807) is 0 Å². The van der Waals surface area contributed by atoms with Gasteiger partial charge in [0.1, 0.15) is 23.1 Å². The van der Waals surface area contributed by atoms with Crippen molar-refractivity contribution in [1.82, 2.24) is 0 Å². The summed E-state index contributed by atoms with van der Waals surface area (Å²) in [5.41, 5.74) is 0.590. The molecule has 15 heavy (non-hydrogen) atoms. The van der Waals surface area contributed by atoms with E-state index in [4.69, 9.17) is 21.1 Å². The summed E-state index contributed by atoms with van der Waals surface area (Å²) in [4.78, 5) is 0. The van der Waals surface area contributed by atoms with E-state index in [0.717, 1.165) is 16.3 Å². The van der Waals surface area contributed by atoms with Gasteiger partial charge in [0.25, 0.3) is 0 Å². The second-order valence-corrected chi connectivity index (χ2v) is 5.34. The summed E-state index contributed by atoms with van der Waals surface area (Å²) < 4.78 is 11.7. The quantitative estimate of drug-likeness (QED) is 0.631. The molecular formula is C12H13ClO2. The van der Waals surface area contributed by atoms with E-state index in [9.17, 15) is 0 Å². The molecule has 0 N–H and O–H groups in total. The van der Waals surface area contributed by atoms with E-state index in [1.807, 2.05) is 18.2 Å². The molecule has 2 atom stereocenters. The van der Waals surface area contributed by atoms with Crippen LogP contribution in [0.5, 0.6) is 5.75 Å². The van der Waals surface area contributed by atoms with E-state index in [0.29, 0.717) is 0 Å². The summed E-state index contributed by atoms with van der Waals surface area (Å²) in [6.45, 7) is 6.20. The zero-order valence-electron chi connectivity index (χ0n) is 9.00. The van der Waals surface area contributed by atoms with E-state index < -0.39 is 0 Å². The Balaban J connectivity index is 2.14. The molecule has 0 bridgehead atoms. The third-order valence-electron chi connectivity index (χ3n) is 3.62. The fourth-order valence-electron chi connectivity index (χ4n) is 2.22. The summed E-state index contributed by atoms with van der Waals surface area (Å²) in [6, 6.07) is 5.70. The maximum absolute atomic E-state index is 5.97. The standard InChI is InChI=1S/C12H13ClO2/c1-11(2)12(3)10(15-12)8-6-7(13)4-5-9(8)14-11/h4-6,10H,1-3H3. The molecule has 80 valence electrons. The van der Waals surface area contributed by atoms with Crippen molar-refractivity contribution in [3.8, 4) is 5.75 Å². The Morgan fingerprint density at radius 3 is 2.73 bits per heavy atom. The van der Waals surface area contributed by atoms with Gasteiger partial charge in [-0.1, -0.05) is 11.6 Å². The first-order chi connectivity index (χ1) is 6.94. The summed E-state index contributed by atoms with van der Waals surface area (Å²) >= 11 is 5.97. The van der Waals surface area contributed by atoms with Crippen molar-refractivity contribution in [3.63, 3.8) is 0 Å². The lowest BCUT2D eigenvalue weighted by Crippen LogP contribution is -2.45. The maximum Gasteiger partial charge on any atom is 0.136 e. The van der Waals surface area contributed by atoms with Crippen LogP contribution in [0, 0.1) is 0 Å². The van der Waals surface area contributed by atoms with Crippen molar-refractivity contribution in [2.24, 2.45) is 0 Å². The molecular weight excluding hydrogens is 212 g/mol. The van der Waals surface area contributed by atoms with Crippen molar-refractivity contribution >= 4 is 11.6 Å². The minimum absolute atomic E-state index is 0.134. The number of fused-ring (bicyclic) bond motifs is 3. The molecule has 2 unspecified atom stereocenters. The Morgan fingerprint density at radius 1 is 1.27 bits per heavy atom. The van der Waals surface area contributed by atoms with Crippen molar-refractivity contribution in [1.29, 1.82) is 0 Å². The summed E-state index contributed by atoms with van der Waals surface area (Å²) in [6.07, 6.45) is 0.134. The van der Waals surface area contributed by atoms with Crippen LogP contribution >= 0.6 is 11.6 Å². The second kappa shape index (κ2) is 2.50. The van der Waals surface area contributed by atoms with Crippen LogP contribution in [-0.2, 0) is 4.74 Å². The predicted molar refractivity (Wildman–Crippen MR) is 58.4 cm³/mol. The number of rotatable bonds is 0. The van der Waals surface area contributed by atoms with E-state index in [2.05, 4.69) is 20.8 Å². The van der Waals surface area contributed by atoms with Gasteiger partial charge in [-0.2, -0.15) is 0 Å². The predicted octanol–water partition coefficient (Wildman–Crippen LogP) is 3.34. The molecule has 0 amide bonds. The fourth-order valence-corrected chi connectivity index (χ4v) is 2.40. The fraction of sp³-hybridized carbons (Fsp3) is 0.500. The van der Waals surface area contributed by atoms with Gasteiger partial charge in [0.05, 0.1) is 0 Å². The summed E-state index contributed by atoms with van der Waals surface area (Å²) in [5.74, 6) is 0.893. The molecule has 1 aromatic rings. The molecule has 2 heterocycles. The van der Waals surface area contributed by atoms with Crippen LogP contribution in [0.15, 0.2) is 18.2 Å². The number of epoxide rings is 1. The highest BCUT2D eigenvalue weighted by Gasteiger charge is 2.67. The molecule has 0 saturated carbocycles. The van der Waals surface area contributed by atoms with Crippen LogP contribution in [0.1, 0.15) is 32.4 Å². The van der Waals surface area contributed by atoms with Crippen molar-refractivity contribution in [2.45, 2.75) is 38.1 Å². The third kappa shape index (κ3) is 1.09. The van der Waals surface area contributed by atoms with Crippen LogP contribution in [0.2, 0.25) is 5.02 Å². The zero-order chi connectivity index (χ0) is 10.8. The minimum atomic E-state index is -0.279. The Kier molecular flexibility index (Phi) is 1.58. The average Bonchev–Trinajstić information content (AvgIpc) is 2.82. The molecule has 0 spiro atoms. The van der Waals surface area contributed by atoms with Crippen LogP contribution in [-0.4, -0.2) is 11.2 Å². The van der Waals surface area contributed by atoms with Gasteiger partial charge in [-0.05, 0) is 39.0 Å². The SMILES string of the molecule is CC1(C)Oc2ccc(Cl)cc2C2OC21C. The number of halogens is 1. The average molecular weight is 225 g/mol. The number of hydrogen-bond acceptors (Lipinski definition) is 2. The van der Waals surface area contributed by atoms with Gasteiger partial charge in [-0.3, -0.25) is 0 Å². The minimum Gasteiger partial charge on any atom is -0.484 e. The Labute approximate surface area is 94.1 Å². The van der Waals surface area contributed by atoms with Crippen LogP contribution in [0.3, 0.4) is 0 Å². The largest absolute Gasteiger partial charge is 0.484 e. The monoisotopic (exact) mass is 224 g/mol. The lowest BCUT2D eigenvalue weighted by atomic mass is 9.84. The normalized spacial score (nSPS) is 35.1. The first-order valence-electron chi connectivity index (χ1n) is 5.10. The van der Waals surface area contributed by atoms with E-state index >= 15 is 0 Å². The zero-order valence-corrected chi connectivity index (χ0v) is 9.76. The van der Waals surface area contributed by atoms with Gasteiger partial charge in [-0.15, -0.1) is 0 Å². The highest BCUT2D eigenvalue weighted by atomic mass is 35.5. The molecule has 0 aliphatic carbocycles. The van der Waals surface area contributed by atoms with Gasteiger partial charge >= 0.3 is 0 Å². The van der Waals surface area contributed by atoms with Crippen LogP contribution in [0.4, 0.5) is 0 Å². The van der Waals surface area contributed by atoms with E-state index in [-0.39, 0.29) is 17.3 Å². The second-order valence-electron chi connectivity index (χ2n) is 4.90. The van der Waals surface area contributed by atoms with E-state index in [1.165, 1.54) is 0 Å². The molecule has 3 rings (SSSR count). The summed E-state index contributed by atoms with van der Waals surface area (Å²) in [7, 11) is 0. The molecule has 0 aromatic heterocycles. The molecule has 1 saturated heterocycles.